The Balaban J connectivity index is 0.787. The molecule has 4 heterocycles. The van der Waals surface area contributed by atoms with Gasteiger partial charge in [0.2, 0.25) is 23.6 Å². The normalized spacial score (nSPS) is 17.7. The van der Waals surface area contributed by atoms with Crippen molar-refractivity contribution < 1.29 is 24.3 Å². The average Bonchev–Trinajstić information content (AvgIpc) is 3.95. The molecule has 2 aliphatic heterocycles. The zero-order valence-corrected chi connectivity index (χ0v) is 44.6. The number of hydrogen-bond donors (Lipinski definition) is 5. The average molecular weight is 1010 g/mol. The number of likely N-dealkylation sites (tertiary alicyclic amines) is 1. The number of nitrogens with one attached hydrogen (secondary N) is 3. The van der Waals surface area contributed by atoms with Crippen molar-refractivity contribution in [1.29, 1.82) is 0 Å². The molecule has 4 atom stereocenters. The van der Waals surface area contributed by atoms with Crippen molar-refractivity contribution >= 4 is 58.2 Å². The van der Waals surface area contributed by atoms with E-state index in [9.17, 15) is 24.3 Å². The maximum Gasteiger partial charge on any atom is 0.246 e. The molecule has 2 aliphatic rings. The molecule has 2 saturated heterocycles. The number of piperidine rings is 1. The van der Waals surface area contributed by atoms with Crippen LogP contribution in [0.3, 0.4) is 0 Å². The van der Waals surface area contributed by atoms with Crippen LogP contribution in [0.4, 0.5) is 11.5 Å². The van der Waals surface area contributed by atoms with Crippen molar-refractivity contribution in [3.05, 3.63) is 77.7 Å². The lowest BCUT2D eigenvalue weighted by Gasteiger charge is -2.37. The zero-order chi connectivity index (χ0) is 51.0. The van der Waals surface area contributed by atoms with Crippen LogP contribution in [-0.4, -0.2) is 91.9 Å². The van der Waals surface area contributed by atoms with Crippen LogP contribution < -0.4 is 26.6 Å². The fourth-order valence-electron chi connectivity index (χ4n) is 9.34. The number of nitrogens with two attached hydrogens (primary N) is 1. The number of amides is 4. The Morgan fingerprint density at radius 2 is 1.46 bits per heavy atom. The van der Waals surface area contributed by atoms with Gasteiger partial charge in [-0.25, -0.2) is 15.0 Å². The third-order valence-corrected chi connectivity index (χ3v) is 15.7. The highest BCUT2D eigenvalue weighted by molar-refractivity contribution is 7.99. The smallest absolute Gasteiger partial charge is 0.246 e. The molecule has 0 unspecified atom stereocenters. The Hall–Kier alpha value is -4.90. The Bertz CT molecular complexity index is 2320. The van der Waals surface area contributed by atoms with Gasteiger partial charge in [0.1, 0.15) is 22.9 Å². The molecule has 4 aromatic rings. The third-order valence-electron chi connectivity index (χ3n) is 13.8. The van der Waals surface area contributed by atoms with Gasteiger partial charge in [-0.3, -0.25) is 19.2 Å². The Kier molecular flexibility index (Phi) is 20.8. The van der Waals surface area contributed by atoms with Crippen molar-refractivity contribution in [1.82, 2.24) is 30.5 Å². The number of carbonyl (C=O) groups is 4. The second-order valence-electron chi connectivity index (χ2n) is 21.2. The van der Waals surface area contributed by atoms with Crippen LogP contribution in [0.5, 0.6) is 0 Å². The van der Waals surface area contributed by atoms with Gasteiger partial charge in [-0.05, 0) is 81.2 Å². The molecule has 0 saturated carbocycles. The Labute approximate surface area is 430 Å². The first-order chi connectivity index (χ1) is 34.0. The minimum atomic E-state index is -0.839. The second kappa shape index (κ2) is 26.7. The van der Waals surface area contributed by atoms with Gasteiger partial charge in [0.05, 0.1) is 40.6 Å². The molecule has 71 heavy (non-hydrogen) atoms. The molecular formula is C55H79N9O5S2. The van der Waals surface area contributed by atoms with E-state index in [1.807, 2.05) is 101 Å². The molecule has 386 valence electrons. The van der Waals surface area contributed by atoms with Gasteiger partial charge < -0.3 is 36.6 Å². The van der Waals surface area contributed by atoms with Crippen molar-refractivity contribution in [2.75, 3.05) is 29.9 Å². The van der Waals surface area contributed by atoms with Gasteiger partial charge >= 0.3 is 0 Å². The van der Waals surface area contributed by atoms with Crippen LogP contribution >= 0.6 is 23.1 Å². The lowest BCUT2D eigenvalue weighted by molar-refractivity contribution is -0.144. The Morgan fingerprint density at radius 3 is 2.04 bits per heavy atom. The fourth-order valence-corrected chi connectivity index (χ4v) is 10.9. The summed E-state index contributed by atoms with van der Waals surface area (Å²) in [5.74, 6) is 0.0754. The zero-order valence-electron chi connectivity index (χ0n) is 43.0. The van der Waals surface area contributed by atoms with Crippen molar-refractivity contribution in [2.24, 2.45) is 11.1 Å². The van der Waals surface area contributed by atoms with Crippen LogP contribution in [0, 0.1) is 12.3 Å². The molecule has 6 rings (SSSR count). The summed E-state index contributed by atoms with van der Waals surface area (Å²) in [4.78, 5) is 73.1. The maximum absolute atomic E-state index is 14.1. The highest BCUT2D eigenvalue weighted by Gasteiger charge is 2.44. The highest BCUT2D eigenvalue weighted by Crippen LogP contribution is 2.32. The van der Waals surface area contributed by atoms with Crippen LogP contribution in [0.25, 0.3) is 10.4 Å². The third kappa shape index (κ3) is 17.4. The maximum atomic E-state index is 14.1. The largest absolute Gasteiger partial charge is 0.391 e. The predicted molar refractivity (Wildman–Crippen MR) is 286 cm³/mol. The van der Waals surface area contributed by atoms with E-state index >= 15 is 0 Å². The molecule has 16 heteroatoms. The van der Waals surface area contributed by atoms with Crippen molar-refractivity contribution in [3.63, 3.8) is 0 Å². The van der Waals surface area contributed by atoms with Gasteiger partial charge in [-0.1, -0.05) is 127 Å². The monoisotopic (exact) mass is 1010 g/mol. The molecule has 14 nitrogen and oxygen atoms in total. The van der Waals surface area contributed by atoms with Crippen LogP contribution in [0.1, 0.15) is 161 Å². The van der Waals surface area contributed by atoms with Gasteiger partial charge in [-0.2, -0.15) is 0 Å². The van der Waals surface area contributed by atoms with E-state index in [0.29, 0.717) is 12.8 Å². The molecule has 0 radical (unpaired) electrons. The van der Waals surface area contributed by atoms with Crippen LogP contribution in [-0.2, 0) is 19.2 Å². The first-order valence-electron chi connectivity index (χ1n) is 26.0. The summed E-state index contributed by atoms with van der Waals surface area (Å²) in [5.41, 5.74) is 11.2. The van der Waals surface area contributed by atoms with E-state index in [1.54, 1.807) is 11.3 Å². The number of aromatic nitrogens is 3. The summed E-state index contributed by atoms with van der Waals surface area (Å²) >= 11 is 3.12. The number of nitrogens with zero attached hydrogens (tertiary/aromatic N) is 5. The molecule has 4 amide bonds. The van der Waals surface area contributed by atoms with E-state index in [2.05, 4.69) is 42.7 Å². The van der Waals surface area contributed by atoms with Crippen molar-refractivity contribution in [2.45, 2.75) is 190 Å². The summed E-state index contributed by atoms with van der Waals surface area (Å²) < 4.78 is 0. The highest BCUT2D eigenvalue weighted by atomic mass is 32.2. The quantitative estimate of drug-likeness (QED) is 0.0397. The standard InChI is InChI=1S/C55H79N9O5S2/c1-38(40-24-26-41(27-25-40)50-39(2)59-37-70-50)60-52(68)45-33-43(65)36-64(45)53(69)51(54(3,4)5)62-48(67)23-18-16-14-12-10-8-7-9-11-13-15-17-22-47(66)61-42-20-19-21-44(32-42)71-49-35-57-46(34-58-49)63-30-28-55(6,56)29-31-63/h19-21,24-27,32,34-35,37-38,43,45,51,65H,7-18,22-23,28-31,33,36,56H2,1-6H3,(H,60,68)(H,61,66)(H,62,67)/t38-,43+,45-,51+/m0/s1. The number of benzene rings is 2. The number of thiazole rings is 1. The number of aryl methyl sites for hydroxylation is 1. The van der Waals surface area contributed by atoms with E-state index in [1.165, 1.54) is 48.8 Å². The number of anilines is 2. The first-order valence-corrected chi connectivity index (χ1v) is 27.7. The number of aliphatic hydroxyl groups is 1. The molecule has 2 aromatic heterocycles. The summed E-state index contributed by atoms with van der Waals surface area (Å²) in [6.07, 6.45) is 18.6. The number of aliphatic hydroxyl groups excluding tert-OH is 1. The van der Waals surface area contributed by atoms with Crippen molar-refractivity contribution in [3.8, 4) is 10.4 Å². The van der Waals surface area contributed by atoms with E-state index in [0.717, 1.165) is 114 Å². The molecule has 2 aromatic carbocycles. The first kappa shape index (κ1) is 55.4. The number of β-amino-alcohol motifs (C(OH)–C–C–N with tert-alkyl or cyclic N) is 1. The van der Waals surface area contributed by atoms with Crippen LogP contribution in [0.15, 0.2) is 76.4 Å². The minimum absolute atomic E-state index is 0.0399. The van der Waals surface area contributed by atoms with E-state index in [-0.39, 0.29) is 48.2 Å². The van der Waals surface area contributed by atoms with Crippen LogP contribution in [0.2, 0.25) is 0 Å². The van der Waals surface area contributed by atoms with Gasteiger partial charge in [-0.15, -0.1) is 11.3 Å². The minimum Gasteiger partial charge on any atom is -0.391 e. The van der Waals surface area contributed by atoms with Gasteiger partial charge in [0, 0.05) is 55.0 Å². The summed E-state index contributed by atoms with van der Waals surface area (Å²) in [6, 6.07) is 13.9. The topological polar surface area (TPSA) is 196 Å². The number of rotatable bonds is 25. The molecule has 0 bridgehead atoms. The SMILES string of the molecule is Cc1ncsc1-c1ccc([C@H](C)NC(=O)[C@@H]2C[C@@H](O)CN2C(=O)[C@@H](NC(=O)CCCCCCCCCCCCCCC(=O)Nc2cccc(Sc3cnc(N4CCC(C)(N)CC4)cn3)c2)C(C)(C)C)cc1. The van der Waals surface area contributed by atoms with Gasteiger partial charge in [0.15, 0.2) is 0 Å². The summed E-state index contributed by atoms with van der Waals surface area (Å²) in [7, 11) is 0. The second-order valence-corrected chi connectivity index (χ2v) is 23.1. The van der Waals surface area contributed by atoms with E-state index in [4.69, 9.17) is 5.73 Å². The summed E-state index contributed by atoms with van der Waals surface area (Å²) in [5, 5.41) is 20.6. The molecule has 6 N–H and O–H groups in total. The molecule has 0 aliphatic carbocycles. The predicted octanol–water partition coefficient (Wildman–Crippen LogP) is 10.1. The molecule has 2 fully saturated rings. The lowest BCUT2D eigenvalue weighted by Crippen LogP contribution is -2.57. The fraction of sp³-hybridized carbons (Fsp3) is 0.582. The molecule has 0 spiro atoms. The lowest BCUT2D eigenvalue weighted by atomic mass is 9.85. The Morgan fingerprint density at radius 1 is 0.845 bits per heavy atom. The summed E-state index contributed by atoms with van der Waals surface area (Å²) in [6.45, 7) is 13.5. The number of hydrogen-bond acceptors (Lipinski definition) is 12. The van der Waals surface area contributed by atoms with E-state index < -0.39 is 23.6 Å². The number of carbonyl (C=O) groups excluding carboxylic acids is 4. The molecular weight excluding hydrogens is 931 g/mol. The van der Waals surface area contributed by atoms with Gasteiger partial charge in [0.25, 0.3) is 0 Å². The number of unbranched alkanes of at least 4 members (excludes halogenated alkanes) is 11.